The van der Waals surface area contributed by atoms with Crippen LogP contribution in [0.3, 0.4) is 0 Å². The summed E-state index contributed by atoms with van der Waals surface area (Å²) in [6.45, 7) is 11.9. The molecule has 3 atom stereocenters. The maximum atomic E-state index is 3.65. The SMILES string of the molecule is CCCNC(CC)CCCN1CC(C)C(N(C)C)C1. The second-order valence-electron chi connectivity index (χ2n) is 6.47. The van der Waals surface area contributed by atoms with Crippen molar-refractivity contribution in [3.8, 4) is 0 Å². The summed E-state index contributed by atoms with van der Waals surface area (Å²) in [6, 6.07) is 1.48. The normalized spacial score (nSPS) is 26.2. The van der Waals surface area contributed by atoms with Gasteiger partial charge in [0.25, 0.3) is 0 Å². The van der Waals surface area contributed by atoms with Crippen LogP contribution >= 0.6 is 0 Å². The van der Waals surface area contributed by atoms with Gasteiger partial charge in [-0.2, -0.15) is 0 Å². The van der Waals surface area contributed by atoms with E-state index < -0.39 is 0 Å². The molecule has 0 radical (unpaired) electrons. The van der Waals surface area contributed by atoms with Crippen LogP contribution in [0.4, 0.5) is 0 Å². The quantitative estimate of drug-likeness (QED) is 0.693. The standard InChI is InChI=1S/C16H35N3/c1-6-10-17-15(7-2)9-8-11-19-12-14(3)16(13-19)18(4)5/h14-17H,6-13H2,1-5H3. The van der Waals surface area contributed by atoms with E-state index in [1.165, 1.54) is 51.9 Å². The summed E-state index contributed by atoms with van der Waals surface area (Å²) in [5.41, 5.74) is 0. The first-order valence-electron chi connectivity index (χ1n) is 8.20. The maximum absolute atomic E-state index is 3.65. The molecule has 114 valence electrons. The van der Waals surface area contributed by atoms with Crippen molar-refractivity contribution < 1.29 is 0 Å². The minimum absolute atomic E-state index is 0.727. The molecular weight excluding hydrogens is 234 g/mol. The fourth-order valence-electron chi connectivity index (χ4n) is 3.26. The monoisotopic (exact) mass is 269 g/mol. The molecule has 1 rings (SSSR count). The van der Waals surface area contributed by atoms with Crippen molar-refractivity contribution in [3.05, 3.63) is 0 Å². The number of hydrogen-bond acceptors (Lipinski definition) is 3. The lowest BCUT2D eigenvalue weighted by atomic mass is 10.1. The summed E-state index contributed by atoms with van der Waals surface area (Å²) >= 11 is 0. The van der Waals surface area contributed by atoms with E-state index in [9.17, 15) is 0 Å². The molecule has 19 heavy (non-hydrogen) atoms. The van der Waals surface area contributed by atoms with Crippen molar-refractivity contribution in [2.75, 3.05) is 40.3 Å². The molecule has 1 saturated heterocycles. The van der Waals surface area contributed by atoms with Crippen LogP contribution in [0.25, 0.3) is 0 Å². The van der Waals surface area contributed by atoms with Crippen LogP contribution < -0.4 is 5.32 Å². The van der Waals surface area contributed by atoms with Crippen LogP contribution in [0.15, 0.2) is 0 Å². The number of rotatable bonds is 9. The Balaban J connectivity index is 2.19. The molecule has 0 aromatic heterocycles. The van der Waals surface area contributed by atoms with Gasteiger partial charge in [-0.05, 0) is 58.8 Å². The third-order valence-corrected chi connectivity index (χ3v) is 4.51. The lowest BCUT2D eigenvalue weighted by molar-refractivity contribution is 0.249. The number of nitrogens with zero attached hydrogens (tertiary/aromatic N) is 2. The van der Waals surface area contributed by atoms with Gasteiger partial charge in [-0.25, -0.2) is 0 Å². The van der Waals surface area contributed by atoms with Crippen LogP contribution in [-0.4, -0.2) is 62.2 Å². The molecule has 0 aromatic rings. The van der Waals surface area contributed by atoms with E-state index in [1.807, 2.05) is 0 Å². The highest BCUT2D eigenvalue weighted by Gasteiger charge is 2.30. The van der Waals surface area contributed by atoms with Crippen molar-refractivity contribution >= 4 is 0 Å². The zero-order valence-corrected chi connectivity index (χ0v) is 13.8. The average Bonchev–Trinajstić information content (AvgIpc) is 2.75. The highest BCUT2D eigenvalue weighted by Crippen LogP contribution is 2.20. The van der Waals surface area contributed by atoms with Gasteiger partial charge in [0.15, 0.2) is 0 Å². The molecule has 1 aliphatic rings. The van der Waals surface area contributed by atoms with Gasteiger partial charge in [0.2, 0.25) is 0 Å². The van der Waals surface area contributed by atoms with Crippen LogP contribution in [0.2, 0.25) is 0 Å². The third-order valence-electron chi connectivity index (χ3n) is 4.51. The Morgan fingerprint density at radius 1 is 1.26 bits per heavy atom. The van der Waals surface area contributed by atoms with Crippen molar-refractivity contribution in [2.45, 2.75) is 58.5 Å². The van der Waals surface area contributed by atoms with Crippen LogP contribution in [-0.2, 0) is 0 Å². The molecular formula is C16H35N3. The van der Waals surface area contributed by atoms with Gasteiger partial charge in [-0.1, -0.05) is 20.8 Å². The van der Waals surface area contributed by atoms with Crippen LogP contribution in [0, 0.1) is 5.92 Å². The summed E-state index contributed by atoms with van der Waals surface area (Å²) in [4.78, 5) is 5.05. The molecule has 1 fully saturated rings. The summed E-state index contributed by atoms with van der Waals surface area (Å²) < 4.78 is 0. The van der Waals surface area contributed by atoms with Gasteiger partial charge in [0.05, 0.1) is 0 Å². The molecule has 0 bridgehead atoms. The Bertz CT molecular complexity index is 230. The molecule has 3 nitrogen and oxygen atoms in total. The van der Waals surface area contributed by atoms with Crippen LogP contribution in [0.1, 0.15) is 46.5 Å². The van der Waals surface area contributed by atoms with E-state index in [0.717, 1.165) is 18.0 Å². The highest BCUT2D eigenvalue weighted by atomic mass is 15.2. The van der Waals surface area contributed by atoms with Crippen molar-refractivity contribution in [1.29, 1.82) is 0 Å². The molecule has 1 heterocycles. The number of likely N-dealkylation sites (N-methyl/N-ethyl adjacent to an activating group) is 1. The smallest absolute Gasteiger partial charge is 0.0254 e. The Kier molecular flexibility index (Phi) is 7.96. The first-order chi connectivity index (χ1) is 9.08. The fourth-order valence-corrected chi connectivity index (χ4v) is 3.26. The molecule has 1 aliphatic heterocycles. The van der Waals surface area contributed by atoms with Gasteiger partial charge in [0, 0.05) is 25.2 Å². The number of likely N-dealkylation sites (tertiary alicyclic amines) is 1. The maximum Gasteiger partial charge on any atom is 0.0254 e. The minimum atomic E-state index is 0.727. The molecule has 3 heteroatoms. The molecule has 0 aliphatic carbocycles. The predicted octanol–water partition coefficient (Wildman–Crippen LogP) is 2.43. The Morgan fingerprint density at radius 3 is 2.53 bits per heavy atom. The zero-order valence-electron chi connectivity index (χ0n) is 13.8. The molecule has 1 N–H and O–H groups in total. The Hall–Kier alpha value is -0.120. The third kappa shape index (κ3) is 5.80. The van der Waals surface area contributed by atoms with Crippen molar-refractivity contribution in [2.24, 2.45) is 5.92 Å². The minimum Gasteiger partial charge on any atom is -0.314 e. The summed E-state index contributed by atoms with van der Waals surface area (Å²) in [5.74, 6) is 0.815. The second-order valence-corrected chi connectivity index (χ2v) is 6.47. The van der Waals surface area contributed by atoms with E-state index in [2.05, 4.69) is 50.0 Å². The van der Waals surface area contributed by atoms with E-state index in [1.54, 1.807) is 0 Å². The zero-order chi connectivity index (χ0) is 14.3. The van der Waals surface area contributed by atoms with Crippen LogP contribution in [0.5, 0.6) is 0 Å². The highest BCUT2D eigenvalue weighted by molar-refractivity contribution is 4.86. The van der Waals surface area contributed by atoms with E-state index in [-0.39, 0.29) is 0 Å². The second kappa shape index (κ2) is 8.93. The fraction of sp³-hybridized carbons (Fsp3) is 1.00. The van der Waals surface area contributed by atoms with Gasteiger partial charge in [0.1, 0.15) is 0 Å². The van der Waals surface area contributed by atoms with E-state index in [0.29, 0.717) is 0 Å². The Labute approximate surface area is 120 Å². The number of hydrogen-bond donors (Lipinski definition) is 1. The Morgan fingerprint density at radius 2 is 2.00 bits per heavy atom. The lowest BCUT2D eigenvalue weighted by Crippen LogP contribution is -2.34. The van der Waals surface area contributed by atoms with Gasteiger partial charge < -0.3 is 15.1 Å². The summed E-state index contributed by atoms with van der Waals surface area (Å²) in [7, 11) is 4.43. The van der Waals surface area contributed by atoms with Gasteiger partial charge >= 0.3 is 0 Å². The van der Waals surface area contributed by atoms with Crippen molar-refractivity contribution in [3.63, 3.8) is 0 Å². The average molecular weight is 269 g/mol. The largest absolute Gasteiger partial charge is 0.314 e. The van der Waals surface area contributed by atoms with Gasteiger partial charge in [-0.15, -0.1) is 0 Å². The van der Waals surface area contributed by atoms with Crippen molar-refractivity contribution in [1.82, 2.24) is 15.1 Å². The molecule has 3 unspecified atom stereocenters. The van der Waals surface area contributed by atoms with Gasteiger partial charge in [-0.3, -0.25) is 0 Å². The molecule has 0 aromatic carbocycles. The molecule has 0 amide bonds. The topological polar surface area (TPSA) is 18.5 Å². The predicted molar refractivity (Wildman–Crippen MR) is 84.7 cm³/mol. The van der Waals surface area contributed by atoms with E-state index in [4.69, 9.17) is 0 Å². The summed E-state index contributed by atoms with van der Waals surface area (Å²) in [5, 5.41) is 3.65. The summed E-state index contributed by atoms with van der Waals surface area (Å²) in [6.07, 6.45) is 5.16. The molecule has 0 saturated carbocycles. The first kappa shape index (κ1) is 16.9. The number of nitrogens with one attached hydrogen (secondary N) is 1. The molecule has 0 spiro atoms. The van der Waals surface area contributed by atoms with E-state index >= 15 is 0 Å². The lowest BCUT2D eigenvalue weighted by Gasteiger charge is -2.23. The first-order valence-corrected chi connectivity index (χ1v) is 8.20.